The fraction of sp³-hybridized carbons (Fsp3) is 0.333. The second-order valence-electron chi connectivity index (χ2n) is 4.27. The van der Waals surface area contributed by atoms with E-state index < -0.39 is 0 Å². The molecule has 0 atom stereocenters. The minimum absolute atomic E-state index is 0.0476. The van der Waals surface area contributed by atoms with Crippen molar-refractivity contribution in [3.05, 3.63) is 35.5 Å². The number of hydrogen-bond donors (Lipinski definition) is 0. The molecule has 72 valence electrons. The Bertz CT molecular complexity index is 420. The average molecular weight is 187 g/mol. The molecule has 0 radical (unpaired) electrons. The molecule has 0 aromatic carbocycles. The Hall–Kier alpha value is -1.44. The molecule has 0 spiro atoms. The van der Waals surface area contributed by atoms with Crippen LogP contribution in [0.5, 0.6) is 0 Å². The van der Waals surface area contributed by atoms with E-state index in [1.807, 2.05) is 6.92 Å². The van der Waals surface area contributed by atoms with E-state index in [1.54, 1.807) is 18.2 Å². The number of aliphatic imine (C=N–C) groups is 1. The van der Waals surface area contributed by atoms with Crippen LogP contribution < -0.4 is 0 Å². The van der Waals surface area contributed by atoms with Crippen LogP contribution in [0.25, 0.3) is 0 Å². The van der Waals surface area contributed by atoms with Gasteiger partial charge in [0.15, 0.2) is 5.78 Å². The highest BCUT2D eigenvalue weighted by atomic mass is 16.1. The highest BCUT2D eigenvalue weighted by Gasteiger charge is 2.24. The molecule has 0 amide bonds. The molecule has 0 aromatic heterocycles. The number of carbonyl (C=O) groups is 1. The standard InChI is InChI=1S/C12H13NO/c1-8-7-12(2,3)13-11-5-4-9(14)6-10(8)11/h4-7H,1-3H3. The monoisotopic (exact) mass is 187 g/mol. The van der Waals surface area contributed by atoms with Crippen molar-refractivity contribution in [2.45, 2.75) is 26.3 Å². The van der Waals surface area contributed by atoms with Gasteiger partial charge in [0.1, 0.15) is 0 Å². The maximum absolute atomic E-state index is 11.2. The van der Waals surface area contributed by atoms with Crippen molar-refractivity contribution in [2.75, 3.05) is 0 Å². The van der Waals surface area contributed by atoms with Crippen LogP contribution in [0.15, 0.2) is 40.4 Å². The number of carbonyl (C=O) groups excluding carboxylic acids is 1. The van der Waals surface area contributed by atoms with Crippen molar-refractivity contribution < 1.29 is 4.79 Å². The summed E-state index contributed by atoms with van der Waals surface area (Å²) >= 11 is 0. The number of dihydropyridines is 1. The van der Waals surface area contributed by atoms with Crippen molar-refractivity contribution in [1.82, 2.24) is 0 Å². The van der Waals surface area contributed by atoms with Gasteiger partial charge in [-0.2, -0.15) is 0 Å². The topological polar surface area (TPSA) is 29.4 Å². The summed E-state index contributed by atoms with van der Waals surface area (Å²) < 4.78 is 0. The van der Waals surface area contributed by atoms with E-state index in [-0.39, 0.29) is 11.3 Å². The maximum Gasteiger partial charge on any atom is 0.179 e. The summed E-state index contributed by atoms with van der Waals surface area (Å²) in [5, 5.41) is 0. The van der Waals surface area contributed by atoms with E-state index in [1.165, 1.54) is 0 Å². The first kappa shape index (κ1) is 9.13. The molecule has 1 heterocycles. The predicted octanol–water partition coefficient (Wildman–Crippen LogP) is 2.23. The van der Waals surface area contributed by atoms with Crippen molar-refractivity contribution in [2.24, 2.45) is 4.99 Å². The van der Waals surface area contributed by atoms with E-state index >= 15 is 0 Å². The Morgan fingerprint density at radius 1 is 1.29 bits per heavy atom. The Kier molecular flexibility index (Phi) is 1.81. The summed E-state index contributed by atoms with van der Waals surface area (Å²) in [6.07, 6.45) is 7.11. The van der Waals surface area contributed by atoms with E-state index in [9.17, 15) is 4.79 Å². The van der Waals surface area contributed by atoms with Gasteiger partial charge in [-0.05, 0) is 44.6 Å². The Morgan fingerprint density at radius 3 is 2.71 bits per heavy atom. The van der Waals surface area contributed by atoms with Gasteiger partial charge >= 0.3 is 0 Å². The van der Waals surface area contributed by atoms with Gasteiger partial charge in [-0.25, -0.2) is 0 Å². The molecule has 0 aromatic rings. The summed E-state index contributed by atoms with van der Waals surface area (Å²) in [5.41, 5.74) is 2.88. The molecule has 0 fully saturated rings. The molecule has 0 saturated heterocycles. The van der Waals surface area contributed by atoms with Gasteiger partial charge in [-0.1, -0.05) is 6.08 Å². The summed E-state index contributed by atoms with van der Waals surface area (Å²) in [6, 6.07) is 0. The number of rotatable bonds is 0. The number of nitrogens with zero attached hydrogens (tertiary/aromatic N) is 1. The van der Waals surface area contributed by atoms with E-state index in [2.05, 4.69) is 24.9 Å². The highest BCUT2D eigenvalue weighted by Crippen LogP contribution is 2.27. The predicted molar refractivity (Wildman–Crippen MR) is 57.5 cm³/mol. The number of ketones is 1. The first-order chi connectivity index (χ1) is 6.48. The van der Waals surface area contributed by atoms with Gasteiger partial charge in [-0.3, -0.25) is 9.79 Å². The zero-order valence-electron chi connectivity index (χ0n) is 8.66. The van der Waals surface area contributed by atoms with Crippen molar-refractivity contribution in [3.63, 3.8) is 0 Å². The second-order valence-corrected chi connectivity index (χ2v) is 4.27. The quantitative estimate of drug-likeness (QED) is 0.535. The summed E-state index contributed by atoms with van der Waals surface area (Å²) in [5.74, 6) is 0.0476. The third-order valence-corrected chi connectivity index (χ3v) is 2.37. The molecular weight excluding hydrogens is 174 g/mol. The third kappa shape index (κ3) is 1.48. The van der Waals surface area contributed by atoms with Crippen molar-refractivity contribution in [1.29, 1.82) is 0 Å². The maximum atomic E-state index is 11.2. The van der Waals surface area contributed by atoms with Crippen LogP contribution in [-0.4, -0.2) is 17.0 Å². The first-order valence-corrected chi connectivity index (χ1v) is 4.72. The molecule has 1 aliphatic carbocycles. The van der Waals surface area contributed by atoms with Crippen LogP contribution in [0.4, 0.5) is 0 Å². The van der Waals surface area contributed by atoms with Crippen LogP contribution in [0, 0.1) is 0 Å². The van der Waals surface area contributed by atoms with Crippen LogP contribution in [0.3, 0.4) is 0 Å². The van der Waals surface area contributed by atoms with Gasteiger partial charge in [0.2, 0.25) is 0 Å². The molecule has 0 saturated carbocycles. The first-order valence-electron chi connectivity index (χ1n) is 4.72. The number of hydrogen-bond acceptors (Lipinski definition) is 2. The lowest BCUT2D eigenvalue weighted by Gasteiger charge is -2.26. The van der Waals surface area contributed by atoms with Crippen molar-refractivity contribution in [3.8, 4) is 0 Å². The largest absolute Gasteiger partial charge is 0.290 e. The van der Waals surface area contributed by atoms with Crippen LogP contribution >= 0.6 is 0 Å². The second kappa shape index (κ2) is 2.77. The Labute approximate surface area is 83.7 Å². The van der Waals surface area contributed by atoms with Crippen LogP contribution in [-0.2, 0) is 4.79 Å². The van der Waals surface area contributed by atoms with E-state index in [0.29, 0.717) is 0 Å². The van der Waals surface area contributed by atoms with Crippen LogP contribution in [0.2, 0.25) is 0 Å². The summed E-state index contributed by atoms with van der Waals surface area (Å²) in [4.78, 5) is 15.7. The molecule has 2 aliphatic rings. The molecule has 0 unspecified atom stereocenters. The Balaban J connectivity index is 2.53. The van der Waals surface area contributed by atoms with Gasteiger partial charge in [0.25, 0.3) is 0 Å². The van der Waals surface area contributed by atoms with Crippen molar-refractivity contribution >= 4 is 11.5 Å². The van der Waals surface area contributed by atoms with Gasteiger partial charge in [-0.15, -0.1) is 0 Å². The summed E-state index contributed by atoms with van der Waals surface area (Å²) in [7, 11) is 0. The lowest BCUT2D eigenvalue weighted by Crippen LogP contribution is -2.24. The molecule has 2 heteroatoms. The zero-order valence-corrected chi connectivity index (χ0v) is 8.66. The van der Waals surface area contributed by atoms with Gasteiger partial charge in [0, 0.05) is 5.57 Å². The fourth-order valence-electron chi connectivity index (χ4n) is 1.88. The highest BCUT2D eigenvalue weighted by molar-refractivity contribution is 6.22. The van der Waals surface area contributed by atoms with E-state index in [4.69, 9.17) is 0 Å². The third-order valence-electron chi connectivity index (χ3n) is 2.37. The average Bonchev–Trinajstić information content (AvgIpc) is 2.05. The normalized spacial score (nSPS) is 23.6. The van der Waals surface area contributed by atoms with Gasteiger partial charge < -0.3 is 0 Å². The van der Waals surface area contributed by atoms with Gasteiger partial charge in [0.05, 0.1) is 11.3 Å². The summed E-state index contributed by atoms with van der Waals surface area (Å²) in [6.45, 7) is 6.14. The lowest BCUT2D eigenvalue weighted by atomic mass is 9.88. The molecule has 2 nitrogen and oxygen atoms in total. The lowest BCUT2D eigenvalue weighted by molar-refractivity contribution is -0.110. The minimum Gasteiger partial charge on any atom is -0.290 e. The molecule has 14 heavy (non-hydrogen) atoms. The molecule has 2 rings (SSSR count). The molecule has 0 bridgehead atoms. The molecule has 0 N–H and O–H groups in total. The SMILES string of the molecule is CC1=CC(C)(C)N=C2C=CC(=O)C=C12. The van der Waals surface area contributed by atoms with Crippen LogP contribution in [0.1, 0.15) is 20.8 Å². The molecular formula is C12H13NO. The number of allylic oxidation sites excluding steroid dienone is 5. The fourth-order valence-corrected chi connectivity index (χ4v) is 1.88. The smallest absolute Gasteiger partial charge is 0.179 e. The minimum atomic E-state index is -0.151. The molecule has 1 aliphatic heterocycles. The number of fused-ring (bicyclic) bond motifs is 1. The zero-order chi connectivity index (χ0) is 10.3. The van der Waals surface area contributed by atoms with E-state index in [0.717, 1.165) is 16.9 Å². The Morgan fingerprint density at radius 2 is 2.00 bits per heavy atom.